The van der Waals surface area contributed by atoms with E-state index in [9.17, 15) is 14.9 Å². The minimum atomic E-state index is -0.859. The molecule has 20 heavy (non-hydrogen) atoms. The second-order valence-electron chi connectivity index (χ2n) is 4.62. The van der Waals surface area contributed by atoms with Crippen LogP contribution in [0.5, 0.6) is 0 Å². The predicted molar refractivity (Wildman–Crippen MR) is 77.5 cm³/mol. The molecular weight excluding hydrogens is 254 g/mol. The molecule has 0 fully saturated rings. The van der Waals surface area contributed by atoms with Gasteiger partial charge < -0.3 is 10.6 Å². The van der Waals surface area contributed by atoms with Gasteiger partial charge in [-0.15, -0.1) is 0 Å². The summed E-state index contributed by atoms with van der Waals surface area (Å²) in [5.74, 6) is -0.0671. The van der Waals surface area contributed by atoms with Gasteiger partial charge in [0.25, 0.3) is 0 Å². The molecule has 2 N–H and O–H groups in total. The molecule has 1 aromatic carbocycles. The zero-order valence-electron chi connectivity index (χ0n) is 12.0. The Balaban J connectivity index is 2.79. The number of nitrogens with one attached hydrogen (secondary N) is 2. The topological polar surface area (TPSA) is 82.0 Å². The molecule has 0 heterocycles. The highest BCUT2D eigenvalue weighted by Gasteiger charge is 2.27. The van der Waals surface area contributed by atoms with E-state index in [-0.39, 0.29) is 5.78 Å². The molecule has 0 bridgehead atoms. The van der Waals surface area contributed by atoms with Crippen LogP contribution in [0.1, 0.15) is 44.0 Å². The number of carbonyl (C=O) groups is 2. The van der Waals surface area contributed by atoms with E-state index in [0.717, 1.165) is 0 Å². The minimum absolute atomic E-state index is 0.0671. The van der Waals surface area contributed by atoms with Crippen LogP contribution in [0.25, 0.3) is 0 Å². The normalized spacial score (nSPS) is 10.5. The Morgan fingerprint density at radius 1 is 1.30 bits per heavy atom. The van der Waals surface area contributed by atoms with Crippen LogP contribution < -0.4 is 10.6 Å². The summed E-state index contributed by atoms with van der Waals surface area (Å²) in [6.07, 6.45) is 1.06. The minimum Gasteiger partial charge on any atom is -0.319 e. The number of anilines is 1. The second-order valence-corrected chi connectivity index (χ2v) is 4.62. The van der Waals surface area contributed by atoms with Crippen LogP contribution in [0.4, 0.5) is 10.5 Å². The van der Waals surface area contributed by atoms with Crippen LogP contribution in [-0.4, -0.2) is 17.4 Å². The van der Waals surface area contributed by atoms with Crippen molar-refractivity contribution < 1.29 is 9.59 Å². The number of hydrogen-bond acceptors (Lipinski definition) is 3. The quantitative estimate of drug-likeness (QED) is 0.809. The standard InChI is InChI=1S/C15H19N3O2/c1-4-15(5-2,10-16)18-14(20)17-13-8-6-7-12(9-13)11(3)19/h6-9H,4-5H2,1-3H3,(H2,17,18,20). The van der Waals surface area contributed by atoms with Gasteiger partial charge in [-0.2, -0.15) is 5.26 Å². The SMILES string of the molecule is CCC(C#N)(CC)NC(=O)Nc1cccc(C(C)=O)c1. The molecule has 1 rings (SSSR count). The largest absolute Gasteiger partial charge is 0.320 e. The monoisotopic (exact) mass is 273 g/mol. The number of benzene rings is 1. The van der Waals surface area contributed by atoms with Gasteiger partial charge in [-0.25, -0.2) is 4.79 Å². The molecule has 0 aliphatic carbocycles. The molecule has 106 valence electrons. The van der Waals surface area contributed by atoms with Crippen molar-refractivity contribution in [3.05, 3.63) is 29.8 Å². The summed E-state index contributed by atoms with van der Waals surface area (Å²) in [6.45, 7) is 5.17. The van der Waals surface area contributed by atoms with Gasteiger partial charge >= 0.3 is 6.03 Å². The van der Waals surface area contributed by atoms with Crippen molar-refractivity contribution in [1.82, 2.24) is 5.32 Å². The number of nitriles is 1. The van der Waals surface area contributed by atoms with Gasteiger partial charge in [-0.1, -0.05) is 26.0 Å². The fraction of sp³-hybridized carbons (Fsp3) is 0.400. The van der Waals surface area contributed by atoms with E-state index in [4.69, 9.17) is 0 Å². The Bertz CT molecular complexity index is 542. The average molecular weight is 273 g/mol. The first-order valence-corrected chi connectivity index (χ1v) is 6.57. The maximum absolute atomic E-state index is 11.9. The van der Waals surface area contributed by atoms with Crippen LogP contribution in [0, 0.1) is 11.3 Å². The third-order valence-corrected chi connectivity index (χ3v) is 3.30. The first-order chi connectivity index (χ1) is 9.46. The lowest BCUT2D eigenvalue weighted by Crippen LogP contribution is -2.48. The van der Waals surface area contributed by atoms with Crippen molar-refractivity contribution in [1.29, 1.82) is 5.26 Å². The molecule has 0 atom stereocenters. The van der Waals surface area contributed by atoms with Gasteiger partial charge in [0.1, 0.15) is 5.54 Å². The molecule has 0 aliphatic rings. The fourth-order valence-corrected chi connectivity index (χ4v) is 1.81. The lowest BCUT2D eigenvalue weighted by Gasteiger charge is -2.25. The number of rotatable bonds is 5. The summed E-state index contributed by atoms with van der Waals surface area (Å²) in [5, 5.41) is 14.5. The molecule has 0 spiro atoms. The van der Waals surface area contributed by atoms with Crippen LogP contribution in [0.2, 0.25) is 0 Å². The lowest BCUT2D eigenvalue weighted by atomic mass is 9.95. The van der Waals surface area contributed by atoms with Crippen LogP contribution in [-0.2, 0) is 0 Å². The van der Waals surface area contributed by atoms with Gasteiger partial charge in [0.15, 0.2) is 5.78 Å². The summed E-state index contributed by atoms with van der Waals surface area (Å²) < 4.78 is 0. The molecule has 0 aromatic heterocycles. The van der Waals surface area contributed by atoms with Gasteiger partial charge in [0, 0.05) is 11.3 Å². The van der Waals surface area contributed by atoms with Crippen molar-refractivity contribution in [2.24, 2.45) is 0 Å². The molecule has 0 saturated heterocycles. The summed E-state index contributed by atoms with van der Waals surface area (Å²) >= 11 is 0. The summed E-state index contributed by atoms with van der Waals surface area (Å²) in [6, 6.07) is 8.37. The highest BCUT2D eigenvalue weighted by molar-refractivity contribution is 5.96. The van der Waals surface area contributed by atoms with Gasteiger partial charge in [0.2, 0.25) is 0 Å². The van der Waals surface area contributed by atoms with E-state index in [2.05, 4.69) is 16.7 Å². The fourth-order valence-electron chi connectivity index (χ4n) is 1.81. The van der Waals surface area contributed by atoms with Crippen LogP contribution >= 0.6 is 0 Å². The zero-order chi connectivity index (χ0) is 15.2. The number of amides is 2. The smallest absolute Gasteiger partial charge is 0.319 e. The molecule has 0 radical (unpaired) electrons. The molecule has 5 heteroatoms. The van der Waals surface area contributed by atoms with Crippen LogP contribution in [0.3, 0.4) is 0 Å². The van der Waals surface area contributed by atoms with E-state index in [1.165, 1.54) is 6.92 Å². The Labute approximate surface area is 119 Å². The summed E-state index contributed by atoms with van der Waals surface area (Å²) in [7, 11) is 0. The van der Waals surface area contributed by atoms with E-state index in [1.54, 1.807) is 24.3 Å². The zero-order valence-corrected chi connectivity index (χ0v) is 12.0. The Hall–Kier alpha value is -2.35. The van der Waals surface area contributed by atoms with E-state index in [1.807, 2.05) is 13.8 Å². The Morgan fingerprint density at radius 3 is 2.45 bits per heavy atom. The van der Waals surface area contributed by atoms with Crippen molar-refractivity contribution >= 4 is 17.5 Å². The number of Topliss-reactive ketones (excluding diaryl/α,β-unsaturated/α-hetero) is 1. The molecule has 5 nitrogen and oxygen atoms in total. The van der Waals surface area contributed by atoms with Gasteiger partial charge in [-0.3, -0.25) is 4.79 Å². The van der Waals surface area contributed by atoms with Gasteiger partial charge in [-0.05, 0) is 31.9 Å². The number of hydrogen-bond donors (Lipinski definition) is 2. The maximum Gasteiger partial charge on any atom is 0.320 e. The highest BCUT2D eigenvalue weighted by Crippen LogP contribution is 2.15. The molecule has 0 aliphatic heterocycles. The molecule has 1 aromatic rings. The molecule has 2 amide bonds. The number of carbonyl (C=O) groups excluding carboxylic acids is 2. The number of nitrogens with zero attached hydrogens (tertiary/aromatic N) is 1. The van der Waals surface area contributed by atoms with Crippen molar-refractivity contribution in [2.45, 2.75) is 39.2 Å². The van der Waals surface area contributed by atoms with E-state index < -0.39 is 11.6 Å². The van der Waals surface area contributed by atoms with Crippen molar-refractivity contribution in [2.75, 3.05) is 5.32 Å². The van der Waals surface area contributed by atoms with E-state index >= 15 is 0 Å². The predicted octanol–water partition coefficient (Wildman–Crippen LogP) is 3.09. The number of urea groups is 1. The first kappa shape index (κ1) is 15.7. The van der Waals surface area contributed by atoms with Gasteiger partial charge in [0.05, 0.1) is 6.07 Å². The average Bonchev–Trinajstić information content (AvgIpc) is 2.45. The Kier molecular flexibility index (Phi) is 5.27. The highest BCUT2D eigenvalue weighted by atomic mass is 16.2. The summed E-state index contributed by atoms with van der Waals surface area (Å²) in [4.78, 5) is 23.2. The number of ketones is 1. The van der Waals surface area contributed by atoms with Crippen molar-refractivity contribution in [3.8, 4) is 6.07 Å². The summed E-state index contributed by atoms with van der Waals surface area (Å²) in [5.41, 5.74) is 0.192. The third-order valence-electron chi connectivity index (χ3n) is 3.30. The third kappa shape index (κ3) is 3.82. The van der Waals surface area contributed by atoms with Crippen LogP contribution in [0.15, 0.2) is 24.3 Å². The second kappa shape index (κ2) is 6.71. The molecule has 0 unspecified atom stereocenters. The molecular formula is C15H19N3O2. The lowest BCUT2D eigenvalue weighted by molar-refractivity contribution is 0.101. The van der Waals surface area contributed by atoms with Crippen molar-refractivity contribution in [3.63, 3.8) is 0 Å². The van der Waals surface area contributed by atoms with E-state index in [0.29, 0.717) is 24.1 Å². The molecule has 0 saturated carbocycles. The Morgan fingerprint density at radius 2 is 1.95 bits per heavy atom. The maximum atomic E-state index is 11.9. The first-order valence-electron chi connectivity index (χ1n) is 6.57.